The highest BCUT2D eigenvalue weighted by molar-refractivity contribution is 8.03. The van der Waals surface area contributed by atoms with Crippen molar-refractivity contribution in [2.45, 2.75) is 62.7 Å². The Hall–Kier alpha value is -1.82. The van der Waals surface area contributed by atoms with Gasteiger partial charge in [-0.3, -0.25) is 23.5 Å². The van der Waals surface area contributed by atoms with E-state index in [2.05, 4.69) is 67.6 Å². The van der Waals surface area contributed by atoms with Gasteiger partial charge in [0.2, 0.25) is 0 Å². The molecule has 6 heteroatoms. The second-order valence-electron chi connectivity index (χ2n) is 6.76. The van der Waals surface area contributed by atoms with Gasteiger partial charge in [-0.15, -0.1) is 0 Å². The highest BCUT2D eigenvalue weighted by atomic mass is 32.2. The molecule has 0 fully saturated rings. The molecule has 2 aromatic rings. The van der Waals surface area contributed by atoms with Crippen LogP contribution in [0.4, 0.5) is 23.5 Å². The minimum Gasteiger partial charge on any atom is -0.269 e. The highest BCUT2D eigenvalue weighted by Gasteiger charge is 2.16. The number of benzene rings is 2. The van der Waals surface area contributed by atoms with Crippen molar-refractivity contribution in [3.8, 4) is 0 Å². The predicted molar refractivity (Wildman–Crippen MR) is 119 cm³/mol. The molecule has 166 valence electrons. The second kappa shape index (κ2) is 17.1. The maximum Gasteiger partial charge on any atom is 0.0118 e. The maximum atomic E-state index is 2.46. The van der Waals surface area contributed by atoms with Crippen LogP contribution in [0.2, 0.25) is 0 Å². The lowest BCUT2D eigenvalue weighted by molar-refractivity contribution is 0.612. The van der Waals surface area contributed by atoms with E-state index in [-0.39, 0.29) is 23.5 Å². The molecule has 3 rings (SSSR count). The Morgan fingerprint density at radius 2 is 1.48 bits per heavy atom. The first-order chi connectivity index (χ1) is 11.8. The molecule has 0 saturated carbocycles. The fourth-order valence-corrected chi connectivity index (χ4v) is 4.38. The molecule has 0 heterocycles. The summed E-state index contributed by atoms with van der Waals surface area (Å²) in [5.41, 5.74) is 3.02. The van der Waals surface area contributed by atoms with E-state index < -0.39 is 0 Å². The van der Waals surface area contributed by atoms with Crippen molar-refractivity contribution in [1.82, 2.24) is 0 Å². The van der Waals surface area contributed by atoms with Crippen LogP contribution < -0.4 is 0 Å². The van der Waals surface area contributed by atoms with Gasteiger partial charge in [0.05, 0.1) is 0 Å². The van der Waals surface area contributed by atoms with Crippen molar-refractivity contribution in [3.05, 3.63) is 76.7 Å². The minimum absolute atomic E-state index is 0. The van der Waals surface area contributed by atoms with Gasteiger partial charge in [0.15, 0.2) is 0 Å². The van der Waals surface area contributed by atoms with Crippen molar-refractivity contribution >= 4 is 11.8 Å². The Balaban J connectivity index is -0.00000135. The monoisotopic (exact) mass is 436 g/mol. The molecule has 1 atom stereocenters. The number of hydrogen-bond acceptors (Lipinski definition) is 1. The summed E-state index contributed by atoms with van der Waals surface area (Å²) in [6, 6.07) is 20.2. The fourth-order valence-electron chi connectivity index (χ4n) is 3.38. The third-order valence-electron chi connectivity index (χ3n) is 4.88. The first kappa shape index (κ1) is 31.9. The van der Waals surface area contributed by atoms with Crippen LogP contribution in [0.1, 0.15) is 62.5 Å². The van der Waals surface area contributed by atoms with Crippen LogP contribution in [0, 0.1) is 0 Å². The number of hydrogen-bond donors (Lipinski definition) is 0. The normalized spacial score (nSPS) is 14.5. The molecule has 2 aromatic carbocycles. The molecule has 0 N–H and O–H groups in total. The third kappa shape index (κ3) is 9.97. The lowest BCUT2D eigenvalue weighted by Crippen LogP contribution is -2.03. The van der Waals surface area contributed by atoms with Gasteiger partial charge in [-0.05, 0) is 66.2 Å². The third-order valence-corrected chi connectivity index (χ3v) is 6.02. The van der Waals surface area contributed by atoms with Gasteiger partial charge < -0.3 is 0 Å². The van der Waals surface area contributed by atoms with Crippen LogP contribution in [0.15, 0.2) is 70.5 Å². The summed E-state index contributed by atoms with van der Waals surface area (Å²) in [6.07, 6.45) is 11.3. The van der Waals surface area contributed by atoms with Gasteiger partial charge in [-0.25, -0.2) is 0 Å². The van der Waals surface area contributed by atoms with E-state index in [1.54, 1.807) is 0 Å². The number of halogens is 5. The zero-order chi connectivity index (χ0) is 16.6. The zero-order valence-corrected chi connectivity index (χ0v) is 17.6. The van der Waals surface area contributed by atoms with E-state index in [0.717, 1.165) is 0 Å². The molecule has 0 nitrogen and oxygen atoms in total. The Labute approximate surface area is 175 Å². The topological polar surface area (TPSA) is 0 Å². The summed E-state index contributed by atoms with van der Waals surface area (Å²) in [6.45, 7) is 2.27. The minimum atomic E-state index is 0. The maximum absolute atomic E-state index is 2.46. The summed E-state index contributed by atoms with van der Waals surface area (Å²) in [4.78, 5) is 2.90. The van der Waals surface area contributed by atoms with E-state index in [9.17, 15) is 0 Å². The molecule has 1 aliphatic carbocycles. The summed E-state index contributed by atoms with van der Waals surface area (Å²) >= 11 is 1.94. The van der Waals surface area contributed by atoms with Gasteiger partial charge in [-0.2, -0.15) is 0 Å². The summed E-state index contributed by atoms with van der Waals surface area (Å²) in [5, 5.41) is 0. The van der Waals surface area contributed by atoms with Crippen molar-refractivity contribution in [2.75, 3.05) is 0 Å². The molecule has 0 amide bonds. The van der Waals surface area contributed by atoms with E-state index in [1.807, 2.05) is 11.8 Å². The smallest absolute Gasteiger partial charge is 0.0118 e. The van der Waals surface area contributed by atoms with Crippen LogP contribution in [-0.4, -0.2) is 0 Å². The first-order valence-corrected chi connectivity index (χ1v) is 10.2. The Kier molecular flexibility index (Phi) is 18.8. The molecule has 0 saturated heterocycles. The molecule has 0 spiro atoms. The van der Waals surface area contributed by atoms with Gasteiger partial charge in [0.25, 0.3) is 0 Å². The Bertz CT molecular complexity index is 659. The molecule has 0 aliphatic heterocycles. The molecule has 1 aliphatic rings. The van der Waals surface area contributed by atoms with E-state index in [4.69, 9.17) is 0 Å². The van der Waals surface area contributed by atoms with Crippen LogP contribution in [0.3, 0.4) is 0 Å². The van der Waals surface area contributed by atoms with Crippen LogP contribution in [0.5, 0.6) is 0 Å². The fraction of sp³-hybridized carbons (Fsp3) is 0.391. The molecule has 29 heavy (non-hydrogen) atoms. The van der Waals surface area contributed by atoms with Crippen LogP contribution in [0.25, 0.3) is 0 Å². The van der Waals surface area contributed by atoms with Crippen molar-refractivity contribution in [3.63, 3.8) is 0 Å². The second-order valence-corrected chi connectivity index (χ2v) is 7.96. The van der Waals surface area contributed by atoms with Gasteiger partial charge >= 0.3 is 0 Å². The number of thioether (sulfide) groups is 1. The van der Waals surface area contributed by atoms with Gasteiger partial charge in [0, 0.05) is 4.90 Å². The van der Waals surface area contributed by atoms with Crippen molar-refractivity contribution in [1.29, 1.82) is 0 Å². The summed E-state index contributed by atoms with van der Waals surface area (Å²) in [7, 11) is 0. The largest absolute Gasteiger partial charge is 0.269 e. The predicted octanol–water partition coefficient (Wildman–Crippen LogP) is 8.13. The number of allylic oxidation sites excluding steroid dienone is 2. The number of unbranched alkanes of at least 4 members (excludes halogenated alkanes) is 2. The Morgan fingerprint density at radius 1 is 0.828 bits per heavy atom. The van der Waals surface area contributed by atoms with Crippen LogP contribution >= 0.6 is 11.8 Å². The van der Waals surface area contributed by atoms with Gasteiger partial charge in [-0.1, -0.05) is 80.1 Å². The first-order valence-electron chi connectivity index (χ1n) is 9.36. The quantitative estimate of drug-likeness (QED) is 0.312. The number of aryl methyl sites for hydroxylation is 1. The van der Waals surface area contributed by atoms with Crippen molar-refractivity contribution in [2.24, 2.45) is 0 Å². The summed E-state index contributed by atoms with van der Waals surface area (Å²) < 4.78 is 0. The number of rotatable bonds is 7. The van der Waals surface area contributed by atoms with Crippen molar-refractivity contribution < 1.29 is 23.5 Å². The molecule has 1 unspecified atom stereocenters. The molecule has 0 radical (unpaired) electrons. The van der Waals surface area contributed by atoms with E-state index >= 15 is 0 Å². The zero-order valence-electron chi connectivity index (χ0n) is 16.8. The lowest BCUT2D eigenvalue weighted by Gasteiger charge is -2.22. The summed E-state index contributed by atoms with van der Waals surface area (Å²) in [5.74, 6) is 0.704. The molecular weight excluding hydrogens is 403 g/mol. The highest BCUT2D eigenvalue weighted by Crippen LogP contribution is 2.39. The van der Waals surface area contributed by atoms with E-state index in [0.29, 0.717) is 5.92 Å². The lowest BCUT2D eigenvalue weighted by atomic mass is 9.87. The van der Waals surface area contributed by atoms with E-state index in [1.165, 1.54) is 65.9 Å². The molecule has 0 bridgehead atoms. The van der Waals surface area contributed by atoms with Crippen LogP contribution in [-0.2, 0) is 6.42 Å². The molecule has 0 aromatic heterocycles. The molecular formula is C23H33F5S. The standard InChI is InChI=1S/C23H28S.5FH/c1-2-3-5-8-19-11-13-20(14-12-19)21-15-17-23(18-16-21)24-22-9-6-4-7-10-22;;;;;/h4,6-7,9-14,17,21H,2-3,5,8,15-16,18H2,1H3;5*1H. The average Bonchev–Trinajstić information content (AvgIpc) is 2.64. The van der Waals surface area contributed by atoms with Gasteiger partial charge in [0.1, 0.15) is 0 Å². The average molecular weight is 437 g/mol. The Morgan fingerprint density at radius 3 is 2.03 bits per heavy atom. The SMILES string of the molecule is CCCCCc1ccc(C2CC=C(Sc3ccccc3)CC2)cc1.F.F.F.F.F.